The monoisotopic (exact) mass is 460 g/mol. The van der Waals surface area contributed by atoms with Crippen LogP contribution in [0.1, 0.15) is 17.2 Å². The van der Waals surface area contributed by atoms with Gasteiger partial charge in [-0.05, 0) is 35.9 Å². The lowest BCUT2D eigenvalue weighted by molar-refractivity contribution is -0.132. The zero-order valence-corrected chi connectivity index (χ0v) is 18.2. The van der Waals surface area contributed by atoms with E-state index in [9.17, 15) is 19.1 Å². The van der Waals surface area contributed by atoms with Crippen LogP contribution in [0.3, 0.4) is 0 Å². The van der Waals surface area contributed by atoms with Crippen molar-refractivity contribution in [3.8, 4) is 5.75 Å². The summed E-state index contributed by atoms with van der Waals surface area (Å²) in [6.07, 6.45) is 0. The topological polar surface area (TPSA) is 79.7 Å². The van der Waals surface area contributed by atoms with Crippen LogP contribution in [0.5, 0.6) is 5.75 Å². The van der Waals surface area contributed by atoms with Crippen LogP contribution in [0.25, 0.3) is 16.0 Å². The van der Waals surface area contributed by atoms with Gasteiger partial charge in [-0.1, -0.05) is 53.8 Å². The Balaban J connectivity index is 1.72. The highest BCUT2D eigenvalue weighted by Crippen LogP contribution is 2.44. The Morgan fingerprint density at radius 2 is 1.79 bits per heavy atom. The summed E-state index contributed by atoms with van der Waals surface area (Å²) in [5, 5.41) is 11.3. The number of methoxy groups -OCH3 is 1. The lowest BCUT2D eigenvalue weighted by Crippen LogP contribution is -2.29. The quantitative estimate of drug-likeness (QED) is 0.261. The number of carbonyl (C=O) groups is 2. The third-order valence-electron chi connectivity index (χ3n) is 5.47. The number of aliphatic hydroxyl groups excluding tert-OH is 1. The summed E-state index contributed by atoms with van der Waals surface area (Å²) in [5.74, 6) is -1.76. The number of halogens is 1. The van der Waals surface area contributed by atoms with Crippen molar-refractivity contribution in [2.45, 2.75) is 6.04 Å². The molecule has 164 valence electrons. The van der Waals surface area contributed by atoms with Crippen LogP contribution < -0.4 is 9.64 Å². The number of aliphatic hydroxyl groups is 1. The molecule has 4 aromatic rings. The second-order valence-electron chi connectivity index (χ2n) is 7.42. The molecule has 6 nitrogen and oxygen atoms in total. The number of amides is 1. The first-order valence-electron chi connectivity index (χ1n) is 10.0. The van der Waals surface area contributed by atoms with Crippen molar-refractivity contribution in [1.29, 1.82) is 0 Å². The summed E-state index contributed by atoms with van der Waals surface area (Å²) in [6, 6.07) is 18.4. The number of fused-ring (bicyclic) bond motifs is 1. The molecule has 0 bridgehead atoms. The Bertz CT molecular complexity index is 1410. The Morgan fingerprint density at radius 3 is 2.48 bits per heavy atom. The van der Waals surface area contributed by atoms with Crippen molar-refractivity contribution in [3.05, 3.63) is 95.3 Å². The van der Waals surface area contributed by atoms with Crippen LogP contribution in [0.4, 0.5) is 9.52 Å². The molecular weight excluding hydrogens is 443 g/mol. The van der Waals surface area contributed by atoms with Crippen molar-refractivity contribution in [2.75, 3.05) is 12.0 Å². The molecule has 8 heteroatoms. The zero-order chi connectivity index (χ0) is 23.1. The first-order chi connectivity index (χ1) is 16.0. The summed E-state index contributed by atoms with van der Waals surface area (Å²) >= 11 is 1.22. The minimum Gasteiger partial charge on any atom is -0.507 e. The van der Waals surface area contributed by atoms with Crippen molar-refractivity contribution in [1.82, 2.24) is 4.98 Å². The van der Waals surface area contributed by atoms with Crippen molar-refractivity contribution in [2.24, 2.45) is 0 Å². The Hall–Kier alpha value is -4.04. The van der Waals surface area contributed by atoms with Gasteiger partial charge in [-0.3, -0.25) is 14.5 Å². The van der Waals surface area contributed by atoms with E-state index >= 15 is 0 Å². The van der Waals surface area contributed by atoms with Crippen LogP contribution in [0.2, 0.25) is 0 Å². The highest BCUT2D eigenvalue weighted by molar-refractivity contribution is 7.22. The number of aromatic nitrogens is 1. The van der Waals surface area contributed by atoms with Crippen LogP contribution in [0, 0.1) is 5.82 Å². The van der Waals surface area contributed by atoms with Gasteiger partial charge >= 0.3 is 5.91 Å². The number of benzene rings is 3. The number of Topliss-reactive ketones (excluding diaryl/α,β-unsaturated/α-hetero) is 1. The maximum absolute atomic E-state index is 13.6. The fourth-order valence-corrected chi connectivity index (χ4v) is 4.89. The van der Waals surface area contributed by atoms with Gasteiger partial charge in [0.15, 0.2) is 5.13 Å². The van der Waals surface area contributed by atoms with Crippen molar-refractivity contribution in [3.63, 3.8) is 0 Å². The molecule has 0 unspecified atom stereocenters. The molecule has 0 radical (unpaired) electrons. The molecule has 0 spiro atoms. The van der Waals surface area contributed by atoms with Gasteiger partial charge in [0.2, 0.25) is 0 Å². The molecule has 0 saturated carbocycles. The first-order valence-corrected chi connectivity index (χ1v) is 10.9. The van der Waals surface area contributed by atoms with Gasteiger partial charge in [0, 0.05) is 5.56 Å². The smallest absolute Gasteiger partial charge is 0.301 e. The summed E-state index contributed by atoms with van der Waals surface area (Å²) in [4.78, 5) is 32.2. The maximum Gasteiger partial charge on any atom is 0.301 e. The first kappa shape index (κ1) is 20.8. The van der Waals surface area contributed by atoms with Gasteiger partial charge in [0.1, 0.15) is 17.3 Å². The van der Waals surface area contributed by atoms with E-state index in [1.54, 1.807) is 55.6 Å². The molecule has 1 fully saturated rings. The van der Waals surface area contributed by atoms with Crippen molar-refractivity contribution >= 4 is 44.1 Å². The van der Waals surface area contributed by atoms with Gasteiger partial charge < -0.3 is 9.84 Å². The number of ether oxygens (including phenoxy) is 1. The van der Waals surface area contributed by atoms with Crippen LogP contribution in [-0.4, -0.2) is 28.9 Å². The van der Waals surface area contributed by atoms with E-state index in [0.29, 0.717) is 27.5 Å². The highest BCUT2D eigenvalue weighted by atomic mass is 32.1. The average Bonchev–Trinajstić information content (AvgIpc) is 3.37. The van der Waals surface area contributed by atoms with E-state index in [1.165, 1.54) is 40.5 Å². The molecule has 1 aromatic heterocycles. The normalized spacial score (nSPS) is 17.6. The fourth-order valence-electron chi connectivity index (χ4n) is 3.86. The second-order valence-corrected chi connectivity index (χ2v) is 8.43. The maximum atomic E-state index is 13.6. The second kappa shape index (κ2) is 8.14. The minimum absolute atomic E-state index is 0.0744. The summed E-state index contributed by atoms with van der Waals surface area (Å²) in [6.45, 7) is 0. The van der Waals surface area contributed by atoms with Crippen LogP contribution in [-0.2, 0) is 9.59 Å². The number of nitrogens with zero attached hydrogens (tertiary/aromatic N) is 2. The molecule has 1 aliphatic heterocycles. The molecule has 2 heterocycles. The number of anilines is 1. The van der Waals surface area contributed by atoms with Crippen LogP contribution >= 0.6 is 11.3 Å². The van der Waals surface area contributed by atoms with Gasteiger partial charge in [-0.25, -0.2) is 9.37 Å². The molecular formula is C25H17FN2O4S. The third kappa shape index (κ3) is 3.54. The molecule has 1 N–H and O–H groups in total. The number of rotatable bonds is 4. The average molecular weight is 460 g/mol. The van der Waals surface area contributed by atoms with Crippen molar-refractivity contribution < 1.29 is 23.8 Å². The molecule has 0 aliphatic carbocycles. The standard InChI is InChI=1S/C25H17FN2O4S/c1-32-17-11-12-18-19(13-17)33-25(27-18)28-21(14-7-9-16(26)10-8-14)20(23(30)24(28)31)22(29)15-5-3-2-4-6-15/h2-13,21,29H,1H3/t21-/m1/s1. The zero-order valence-electron chi connectivity index (χ0n) is 17.4. The predicted molar refractivity (Wildman–Crippen MR) is 124 cm³/mol. The van der Waals surface area contributed by atoms with E-state index < -0.39 is 23.5 Å². The lowest BCUT2D eigenvalue weighted by atomic mass is 9.95. The SMILES string of the molecule is COc1ccc2nc(N3C(=O)C(=O)C(=C(O)c4ccccc4)[C@H]3c3ccc(F)cc3)sc2c1. The Morgan fingerprint density at radius 1 is 1.06 bits per heavy atom. The molecule has 1 saturated heterocycles. The summed E-state index contributed by atoms with van der Waals surface area (Å²) in [5.41, 5.74) is 1.44. The third-order valence-corrected chi connectivity index (χ3v) is 6.49. The summed E-state index contributed by atoms with van der Waals surface area (Å²) in [7, 11) is 1.56. The van der Waals surface area contributed by atoms with Gasteiger partial charge in [-0.2, -0.15) is 0 Å². The molecule has 1 atom stereocenters. The Kier molecular flexibility index (Phi) is 5.14. The predicted octanol–water partition coefficient (Wildman–Crippen LogP) is 5.07. The van der Waals surface area contributed by atoms with Crippen LogP contribution in [0.15, 0.2) is 78.4 Å². The number of hydrogen-bond donors (Lipinski definition) is 1. The number of hydrogen-bond acceptors (Lipinski definition) is 6. The van der Waals surface area contributed by atoms with Gasteiger partial charge in [-0.15, -0.1) is 0 Å². The van der Waals surface area contributed by atoms with E-state index in [4.69, 9.17) is 4.74 Å². The molecule has 1 aliphatic rings. The van der Waals surface area contributed by atoms with Gasteiger partial charge in [0.05, 0.1) is 28.9 Å². The molecule has 3 aromatic carbocycles. The number of thiazole rings is 1. The minimum atomic E-state index is -0.965. The Labute approximate surface area is 192 Å². The van der Waals surface area contributed by atoms with E-state index in [1.807, 2.05) is 0 Å². The number of carbonyl (C=O) groups excluding carboxylic acids is 2. The largest absolute Gasteiger partial charge is 0.507 e. The van der Waals surface area contributed by atoms with E-state index in [2.05, 4.69) is 4.98 Å². The lowest BCUT2D eigenvalue weighted by Gasteiger charge is -2.22. The van der Waals surface area contributed by atoms with E-state index in [0.717, 1.165) is 4.70 Å². The fraction of sp³-hybridized carbons (Fsp3) is 0.0800. The molecule has 33 heavy (non-hydrogen) atoms. The molecule has 1 amide bonds. The highest BCUT2D eigenvalue weighted by Gasteiger charge is 2.48. The van der Waals surface area contributed by atoms with E-state index in [-0.39, 0.29) is 11.3 Å². The van der Waals surface area contributed by atoms with Gasteiger partial charge in [0.25, 0.3) is 5.78 Å². The number of ketones is 1. The molecule has 5 rings (SSSR count). The summed E-state index contributed by atoms with van der Waals surface area (Å²) < 4.78 is 19.7.